The van der Waals surface area contributed by atoms with E-state index in [-0.39, 0.29) is 12.6 Å². The predicted octanol–water partition coefficient (Wildman–Crippen LogP) is 4.71. The Labute approximate surface area is 141 Å². The molecule has 0 aromatic heterocycles. The fourth-order valence-corrected chi connectivity index (χ4v) is 4.61. The number of likely N-dealkylation sites (tertiary alicyclic amines) is 1. The Kier molecular flexibility index (Phi) is 5.91. The van der Waals surface area contributed by atoms with Gasteiger partial charge in [-0.05, 0) is 56.6 Å². The monoisotopic (exact) mass is 313 g/mol. The quantitative estimate of drug-likeness (QED) is 0.769. The lowest BCUT2D eigenvalue weighted by Crippen LogP contribution is -2.49. The minimum Gasteiger partial charge on any atom is -0.394 e. The predicted molar refractivity (Wildman–Crippen MR) is 96.3 cm³/mol. The molecule has 0 unspecified atom stereocenters. The van der Waals surface area contributed by atoms with Crippen LogP contribution in [0, 0.1) is 5.92 Å². The first kappa shape index (κ1) is 16.7. The van der Waals surface area contributed by atoms with Crippen LogP contribution in [0.4, 0.5) is 0 Å². The highest BCUT2D eigenvalue weighted by Gasteiger charge is 2.38. The molecule has 1 N–H and O–H groups in total. The van der Waals surface area contributed by atoms with Crippen LogP contribution in [0.25, 0.3) is 0 Å². The molecule has 0 radical (unpaired) electrons. The SMILES string of the molecule is CCCCC1=CCC[C@H]2[C@H]1CCCN2[C@@H](CO)c1ccccc1. The molecule has 0 saturated carbocycles. The van der Waals surface area contributed by atoms with Gasteiger partial charge in [-0.25, -0.2) is 0 Å². The molecule has 1 aliphatic heterocycles. The molecule has 2 heteroatoms. The first-order chi connectivity index (χ1) is 11.3. The van der Waals surface area contributed by atoms with Crippen molar-refractivity contribution in [2.75, 3.05) is 13.2 Å². The van der Waals surface area contributed by atoms with Crippen LogP contribution < -0.4 is 0 Å². The third-order valence-corrected chi connectivity index (χ3v) is 5.74. The van der Waals surface area contributed by atoms with Crippen LogP contribution in [0.2, 0.25) is 0 Å². The van der Waals surface area contributed by atoms with Crippen LogP contribution in [0.15, 0.2) is 42.0 Å². The summed E-state index contributed by atoms with van der Waals surface area (Å²) in [4.78, 5) is 2.61. The standard InChI is InChI=1S/C21H31NO/c1-2-3-9-17-12-7-14-20-19(17)13-8-15-22(20)21(16-23)18-10-5-4-6-11-18/h4-6,10-12,19-21,23H,2-3,7-9,13-16H2,1H3/t19-,20-,21-/m0/s1. The molecular weight excluding hydrogens is 282 g/mol. The fraction of sp³-hybridized carbons (Fsp3) is 0.619. The molecule has 1 aliphatic carbocycles. The highest BCUT2D eigenvalue weighted by Crippen LogP contribution is 2.41. The molecule has 23 heavy (non-hydrogen) atoms. The zero-order chi connectivity index (χ0) is 16.1. The molecule has 0 bridgehead atoms. The van der Waals surface area contributed by atoms with Crippen molar-refractivity contribution < 1.29 is 5.11 Å². The van der Waals surface area contributed by atoms with Gasteiger partial charge in [0.1, 0.15) is 0 Å². The van der Waals surface area contributed by atoms with Gasteiger partial charge in [0.25, 0.3) is 0 Å². The first-order valence-corrected chi connectivity index (χ1v) is 9.45. The van der Waals surface area contributed by atoms with Gasteiger partial charge in [-0.15, -0.1) is 0 Å². The van der Waals surface area contributed by atoms with Gasteiger partial charge >= 0.3 is 0 Å². The number of rotatable bonds is 6. The Balaban J connectivity index is 1.79. The van der Waals surface area contributed by atoms with Crippen molar-refractivity contribution in [3.63, 3.8) is 0 Å². The first-order valence-electron chi connectivity index (χ1n) is 9.45. The zero-order valence-corrected chi connectivity index (χ0v) is 14.5. The molecule has 126 valence electrons. The molecule has 1 saturated heterocycles. The van der Waals surface area contributed by atoms with Gasteiger partial charge in [-0.3, -0.25) is 4.90 Å². The number of fused-ring (bicyclic) bond motifs is 1. The molecule has 2 aliphatic rings. The van der Waals surface area contributed by atoms with Gasteiger partial charge in [-0.2, -0.15) is 0 Å². The molecular formula is C21H31NO. The second-order valence-corrected chi connectivity index (χ2v) is 7.12. The smallest absolute Gasteiger partial charge is 0.0628 e. The summed E-state index contributed by atoms with van der Waals surface area (Å²) >= 11 is 0. The Morgan fingerprint density at radius 1 is 1.22 bits per heavy atom. The molecule has 3 rings (SSSR count). The van der Waals surface area contributed by atoms with Crippen LogP contribution >= 0.6 is 0 Å². The largest absolute Gasteiger partial charge is 0.394 e. The molecule has 1 fully saturated rings. The van der Waals surface area contributed by atoms with Crippen molar-refractivity contribution in [2.45, 2.75) is 64.0 Å². The molecule has 0 amide bonds. The van der Waals surface area contributed by atoms with Crippen molar-refractivity contribution >= 4 is 0 Å². The van der Waals surface area contributed by atoms with E-state index in [0.29, 0.717) is 6.04 Å². The van der Waals surface area contributed by atoms with E-state index in [1.54, 1.807) is 5.57 Å². The summed E-state index contributed by atoms with van der Waals surface area (Å²) in [6, 6.07) is 11.4. The van der Waals surface area contributed by atoms with E-state index < -0.39 is 0 Å². The summed E-state index contributed by atoms with van der Waals surface area (Å²) in [5.41, 5.74) is 2.97. The van der Waals surface area contributed by atoms with E-state index in [9.17, 15) is 5.11 Å². The van der Waals surface area contributed by atoms with Crippen LogP contribution in [0.1, 0.15) is 63.5 Å². The lowest BCUT2D eigenvalue weighted by Gasteiger charge is -2.48. The number of aliphatic hydroxyl groups excluding tert-OH is 1. The molecule has 3 atom stereocenters. The van der Waals surface area contributed by atoms with E-state index >= 15 is 0 Å². The Hall–Kier alpha value is -1.12. The van der Waals surface area contributed by atoms with Crippen molar-refractivity contribution in [2.24, 2.45) is 5.92 Å². The third-order valence-electron chi connectivity index (χ3n) is 5.74. The van der Waals surface area contributed by atoms with Gasteiger partial charge in [0.2, 0.25) is 0 Å². The molecule has 1 aromatic rings. The average molecular weight is 313 g/mol. The van der Waals surface area contributed by atoms with E-state index in [1.807, 2.05) is 0 Å². The second-order valence-electron chi connectivity index (χ2n) is 7.12. The van der Waals surface area contributed by atoms with E-state index in [1.165, 1.54) is 50.5 Å². The molecule has 0 spiro atoms. The molecule has 1 heterocycles. The van der Waals surface area contributed by atoms with Gasteiger partial charge in [0.15, 0.2) is 0 Å². The van der Waals surface area contributed by atoms with Gasteiger partial charge < -0.3 is 5.11 Å². The number of piperidine rings is 1. The summed E-state index contributed by atoms with van der Waals surface area (Å²) in [5.74, 6) is 0.724. The van der Waals surface area contributed by atoms with Gasteiger partial charge in [0.05, 0.1) is 12.6 Å². The number of hydrogen-bond donors (Lipinski definition) is 1. The van der Waals surface area contributed by atoms with E-state index in [2.05, 4.69) is 48.2 Å². The van der Waals surface area contributed by atoms with Crippen LogP contribution in [0.5, 0.6) is 0 Å². The number of aliphatic hydroxyl groups is 1. The van der Waals surface area contributed by atoms with E-state index in [0.717, 1.165) is 12.5 Å². The van der Waals surface area contributed by atoms with Crippen LogP contribution in [0.3, 0.4) is 0 Å². The van der Waals surface area contributed by atoms with Crippen molar-refractivity contribution in [1.29, 1.82) is 0 Å². The lowest BCUT2D eigenvalue weighted by molar-refractivity contribution is 0.0255. The highest BCUT2D eigenvalue weighted by atomic mass is 16.3. The second kappa shape index (κ2) is 8.12. The van der Waals surface area contributed by atoms with E-state index in [4.69, 9.17) is 0 Å². The lowest BCUT2D eigenvalue weighted by atomic mass is 9.75. The fourth-order valence-electron chi connectivity index (χ4n) is 4.61. The van der Waals surface area contributed by atoms with Crippen molar-refractivity contribution in [3.8, 4) is 0 Å². The molecule has 1 aromatic carbocycles. The highest BCUT2D eigenvalue weighted by molar-refractivity contribution is 5.22. The van der Waals surface area contributed by atoms with Gasteiger partial charge in [0, 0.05) is 6.04 Å². The van der Waals surface area contributed by atoms with Crippen molar-refractivity contribution in [3.05, 3.63) is 47.5 Å². The number of benzene rings is 1. The maximum atomic E-state index is 10.1. The summed E-state index contributed by atoms with van der Waals surface area (Å²) in [6.07, 6.45) is 11.5. The molecule has 2 nitrogen and oxygen atoms in total. The maximum absolute atomic E-state index is 10.1. The number of hydrogen-bond acceptors (Lipinski definition) is 2. The third kappa shape index (κ3) is 3.70. The minimum absolute atomic E-state index is 0.162. The minimum atomic E-state index is 0.162. The summed E-state index contributed by atoms with van der Waals surface area (Å²) < 4.78 is 0. The van der Waals surface area contributed by atoms with Crippen LogP contribution in [-0.2, 0) is 0 Å². The Morgan fingerprint density at radius 3 is 2.78 bits per heavy atom. The zero-order valence-electron chi connectivity index (χ0n) is 14.5. The summed E-state index contributed by atoms with van der Waals surface area (Å²) in [6.45, 7) is 3.63. The Morgan fingerprint density at radius 2 is 2.04 bits per heavy atom. The summed E-state index contributed by atoms with van der Waals surface area (Å²) in [5, 5.41) is 10.1. The average Bonchev–Trinajstić information content (AvgIpc) is 2.62. The summed E-state index contributed by atoms with van der Waals surface area (Å²) in [7, 11) is 0. The normalized spacial score (nSPS) is 26.4. The topological polar surface area (TPSA) is 23.5 Å². The van der Waals surface area contributed by atoms with Gasteiger partial charge in [-0.1, -0.05) is 55.3 Å². The van der Waals surface area contributed by atoms with Crippen molar-refractivity contribution in [1.82, 2.24) is 4.90 Å². The van der Waals surface area contributed by atoms with Crippen LogP contribution in [-0.4, -0.2) is 29.2 Å². The number of unbranched alkanes of at least 4 members (excludes halogenated alkanes) is 1. The number of allylic oxidation sites excluding steroid dienone is 1. The maximum Gasteiger partial charge on any atom is 0.0628 e. The number of nitrogens with zero attached hydrogens (tertiary/aromatic N) is 1. The Bertz CT molecular complexity index is 510.